The van der Waals surface area contributed by atoms with Crippen LogP contribution in [0, 0.1) is 11.3 Å². The van der Waals surface area contributed by atoms with Crippen molar-refractivity contribution >= 4 is 17.7 Å². The maximum absolute atomic E-state index is 13.1. The third-order valence-corrected chi connectivity index (χ3v) is 4.71. The molecule has 0 aromatic heterocycles. The van der Waals surface area contributed by atoms with E-state index in [9.17, 15) is 14.4 Å². The van der Waals surface area contributed by atoms with Crippen LogP contribution in [0.1, 0.15) is 22.7 Å². The number of hydrogen-bond acceptors (Lipinski definition) is 5. The minimum atomic E-state index is -0.962. The standard InChI is InChI=1S/C22H22N4O4/c1-24-20(27)17(11-14-7-9-15(12-23)10-8-14)25-22(29)19(16-5-3-2-4-6-16)26-21(28)18-13-30-18/h2-10,17-19H,11,13H2,1H3,(H,24,27)(H,25,29)(H,26,28)/t17-,18+,19+/m1/s1. The molecule has 3 rings (SSSR count). The molecule has 154 valence electrons. The molecule has 2 aromatic carbocycles. The summed E-state index contributed by atoms with van der Waals surface area (Å²) in [4.78, 5) is 37.6. The number of ether oxygens (including phenoxy) is 1. The van der Waals surface area contributed by atoms with Gasteiger partial charge in [0.25, 0.3) is 5.91 Å². The average molecular weight is 406 g/mol. The molecule has 3 N–H and O–H groups in total. The summed E-state index contributed by atoms with van der Waals surface area (Å²) in [5.41, 5.74) is 1.89. The van der Waals surface area contributed by atoms with Crippen LogP contribution in [0.3, 0.4) is 0 Å². The number of hydrogen-bond donors (Lipinski definition) is 3. The van der Waals surface area contributed by atoms with Gasteiger partial charge in [-0.15, -0.1) is 0 Å². The van der Waals surface area contributed by atoms with E-state index in [1.54, 1.807) is 48.5 Å². The molecule has 30 heavy (non-hydrogen) atoms. The summed E-state index contributed by atoms with van der Waals surface area (Å²) < 4.78 is 4.99. The van der Waals surface area contributed by atoms with E-state index in [4.69, 9.17) is 10.00 Å². The topological polar surface area (TPSA) is 124 Å². The molecule has 0 aliphatic carbocycles. The summed E-state index contributed by atoms with van der Waals surface area (Å²) in [6.07, 6.45) is -0.310. The Balaban J connectivity index is 1.77. The maximum Gasteiger partial charge on any atom is 0.252 e. The zero-order chi connectivity index (χ0) is 21.5. The molecule has 3 amide bonds. The van der Waals surface area contributed by atoms with E-state index >= 15 is 0 Å². The smallest absolute Gasteiger partial charge is 0.252 e. The van der Waals surface area contributed by atoms with Gasteiger partial charge in [0.1, 0.15) is 12.1 Å². The van der Waals surface area contributed by atoms with Crippen LogP contribution in [0.5, 0.6) is 0 Å². The number of nitriles is 1. The van der Waals surface area contributed by atoms with Gasteiger partial charge in [-0.05, 0) is 23.3 Å². The van der Waals surface area contributed by atoms with E-state index in [-0.39, 0.29) is 18.2 Å². The first-order valence-electron chi connectivity index (χ1n) is 9.49. The molecule has 0 saturated carbocycles. The Morgan fingerprint density at radius 3 is 2.30 bits per heavy atom. The third kappa shape index (κ3) is 5.43. The monoisotopic (exact) mass is 406 g/mol. The fourth-order valence-corrected chi connectivity index (χ4v) is 2.97. The van der Waals surface area contributed by atoms with E-state index in [0.29, 0.717) is 17.7 Å². The van der Waals surface area contributed by atoms with Crippen LogP contribution in [0.15, 0.2) is 54.6 Å². The number of rotatable bonds is 8. The number of amides is 3. The molecule has 2 aromatic rings. The highest BCUT2D eigenvalue weighted by Crippen LogP contribution is 2.17. The molecule has 1 aliphatic rings. The van der Waals surface area contributed by atoms with Crippen LogP contribution < -0.4 is 16.0 Å². The Bertz CT molecular complexity index is 949. The minimum Gasteiger partial charge on any atom is -0.363 e. The van der Waals surface area contributed by atoms with Crippen molar-refractivity contribution in [1.29, 1.82) is 5.26 Å². The molecular formula is C22H22N4O4. The van der Waals surface area contributed by atoms with Crippen molar-refractivity contribution in [2.45, 2.75) is 24.6 Å². The SMILES string of the molecule is CNC(=O)[C@@H](Cc1ccc(C#N)cc1)NC(=O)[C@@H](NC(=O)[C@@H]1CO1)c1ccccc1. The van der Waals surface area contributed by atoms with Crippen molar-refractivity contribution in [3.8, 4) is 6.07 Å². The van der Waals surface area contributed by atoms with Crippen molar-refractivity contribution in [2.24, 2.45) is 0 Å². The number of carbonyl (C=O) groups is 3. The summed E-state index contributed by atoms with van der Waals surface area (Å²) >= 11 is 0. The molecule has 8 nitrogen and oxygen atoms in total. The highest BCUT2D eigenvalue weighted by Gasteiger charge is 2.35. The molecule has 1 saturated heterocycles. The Morgan fingerprint density at radius 1 is 1.07 bits per heavy atom. The second-order valence-electron chi connectivity index (χ2n) is 6.86. The lowest BCUT2D eigenvalue weighted by molar-refractivity contribution is -0.132. The van der Waals surface area contributed by atoms with Gasteiger partial charge in [-0.1, -0.05) is 42.5 Å². The van der Waals surface area contributed by atoms with Gasteiger partial charge < -0.3 is 20.7 Å². The lowest BCUT2D eigenvalue weighted by Gasteiger charge is -2.23. The molecule has 8 heteroatoms. The molecule has 0 spiro atoms. The van der Waals surface area contributed by atoms with Crippen molar-refractivity contribution in [1.82, 2.24) is 16.0 Å². The molecular weight excluding hydrogens is 384 g/mol. The van der Waals surface area contributed by atoms with E-state index < -0.39 is 24.1 Å². The first-order valence-corrected chi connectivity index (χ1v) is 9.49. The second-order valence-corrected chi connectivity index (χ2v) is 6.86. The van der Waals surface area contributed by atoms with Crippen molar-refractivity contribution < 1.29 is 19.1 Å². The molecule has 1 aliphatic heterocycles. The van der Waals surface area contributed by atoms with E-state index in [1.807, 2.05) is 12.1 Å². The zero-order valence-corrected chi connectivity index (χ0v) is 16.4. The molecule has 0 unspecified atom stereocenters. The predicted octanol–water partition coefficient (Wildman–Crippen LogP) is 0.588. The highest BCUT2D eigenvalue weighted by atomic mass is 16.6. The average Bonchev–Trinajstić information content (AvgIpc) is 3.63. The third-order valence-electron chi connectivity index (χ3n) is 4.71. The summed E-state index contributed by atoms with van der Waals surface area (Å²) in [6.45, 7) is 0.328. The quantitative estimate of drug-likeness (QED) is 0.554. The molecule has 0 bridgehead atoms. The van der Waals surface area contributed by atoms with Crippen LogP contribution in [0.2, 0.25) is 0 Å². The van der Waals surface area contributed by atoms with Gasteiger partial charge in [0, 0.05) is 13.5 Å². The molecule has 1 fully saturated rings. The first kappa shape index (κ1) is 21.0. The summed E-state index contributed by atoms with van der Waals surface area (Å²) in [7, 11) is 1.49. The maximum atomic E-state index is 13.1. The lowest BCUT2D eigenvalue weighted by atomic mass is 10.0. The van der Waals surface area contributed by atoms with Gasteiger partial charge in [-0.25, -0.2) is 0 Å². The summed E-state index contributed by atoms with van der Waals surface area (Å²) in [5.74, 6) is -1.24. The fraction of sp³-hybridized carbons (Fsp3) is 0.273. The number of likely N-dealkylation sites (N-methyl/N-ethyl adjacent to an activating group) is 1. The van der Waals surface area contributed by atoms with E-state index in [2.05, 4.69) is 16.0 Å². The zero-order valence-electron chi connectivity index (χ0n) is 16.4. The van der Waals surface area contributed by atoms with Crippen molar-refractivity contribution in [3.05, 3.63) is 71.3 Å². The lowest BCUT2D eigenvalue weighted by Crippen LogP contribution is -2.51. The van der Waals surface area contributed by atoms with Gasteiger partial charge in [0.2, 0.25) is 11.8 Å². The Hall–Kier alpha value is -3.70. The van der Waals surface area contributed by atoms with Crippen LogP contribution in [0.25, 0.3) is 0 Å². The fourth-order valence-electron chi connectivity index (χ4n) is 2.97. The van der Waals surface area contributed by atoms with Gasteiger partial charge in [0.05, 0.1) is 18.2 Å². The minimum absolute atomic E-state index is 0.234. The summed E-state index contributed by atoms with van der Waals surface area (Å²) in [6, 6.07) is 15.8. The van der Waals surface area contributed by atoms with Gasteiger partial charge in [-0.3, -0.25) is 14.4 Å². The van der Waals surface area contributed by atoms with Crippen molar-refractivity contribution in [2.75, 3.05) is 13.7 Å². The highest BCUT2D eigenvalue weighted by molar-refractivity contribution is 5.94. The number of carbonyl (C=O) groups excluding carboxylic acids is 3. The van der Waals surface area contributed by atoms with Crippen LogP contribution in [-0.4, -0.2) is 43.5 Å². The van der Waals surface area contributed by atoms with Gasteiger partial charge in [0.15, 0.2) is 6.10 Å². The van der Waals surface area contributed by atoms with Gasteiger partial charge >= 0.3 is 0 Å². The number of epoxide rings is 1. The number of nitrogens with zero attached hydrogens (tertiary/aromatic N) is 1. The molecule has 3 atom stereocenters. The number of nitrogens with one attached hydrogen (secondary N) is 3. The molecule has 0 radical (unpaired) electrons. The van der Waals surface area contributed by atoms with Crippen molar-refractivity contribution in [3.63, 3.8) is 0 Å². The first-order chi connectivity index (χ1) is 14.5. The van der Waals surface area contributed by atoms with Crippen LogP contribution in [0.4, 0.5) is 0 Å². The van der Waals surface area contributed by atoms with E-state index in [1.165, 1.54) is 7.05 Å². The van der Waals surface area contributed by atoms with E-state index in [0.717, 1.165) is 5.56 Å². The van der Waals surface area contributed by atoms with Crippen LogP contribution in [-0.2, 0) is 25.5 Å². The Morgan fingerprint density at radius 2 is 1.73 bits per heavy atom. The largest absolute Gasteiger partial charge is 0.363 e. The van der Waals surface area contributed by atoms with Crippen LogP contribution >= 0.6 is 0 Å². The number of benzene rings is 2. The predicted molar refractivity (Wildman–Crippen MR) is 108 cm³/mol. The summed E-state index contributed by atoms with van der Waals surface area (Å²) in [5, 5.41) is 16.9. The Kier molecular flexibility index (Phi) is 6.78. The Labute approximate surface area is 174 Å². The van der Waals surface area contributed by atoms with Gasteiger partial charge in [-0.2, -0.15) is 5.26 Å². The second kappa shape index (κ2) is 9.67. The molecule has 1 heterocycles. The normalized spacial score (nSPS) is 16.5.